The summed E-state index contributed by atoms with van der Waals surface area (Å²) in [6, 6.07) is 6.64. The van der Waals surface area contributed by atoms with Crippen molar-refractivity contribution in [3.8, 4) is 0 Å². The van der Waals surface area contributed by atoms with Crippen molar-refractivity contribution in [2.24, 2.45) is 13.0 Å². The number of aryl methyl sites for hydroxylation is 1. The summed E-state index contributed by atoms with van der Waals surface area (Å²) in [5.41, 5.74) is 0. The molecule has 1 aliphatic rings. The molecule has 3 heterocycles. The smallest absolute Gasteiger partial charge is 0.138 e. The number of rotatable bonds is 4. The highest BCUT2D eigenvalue weighted by Gasteiger charge is 2.32. The molecule has 4 rings (SSSR count). The van der Waals surface area contributed by atoms with Gasteiger partial charge in [-0.1, -0.05) is 6.07 Å². The molecule has 0 amide bonds. The summed E-state index contributed by atoms with van der Waals surface area (Å²) in [6.45, 7) is 1.43. The third-order valence-corrected chi connectivity index (χ3v) is 4.59. The van der Waals surface area contributed by atoms with Gasteiger partial charge in [-0.2, -0.15) is 0 Å². The van der Waals surface area contributed by atoms with Crippen molar-refractivity contribution in [1.29, 1.82) is 0 Å². The van der Waals surface area contributed by atoms with E-state index in [1.165, 1.54) is 12.1 Å². The SMILES string of the molecule is Cn1ccnc1[C@@H]1OCC[C@H]1CNc1nccc2ccc(F)cc12. The topological polar surface area (TPSA) is 52.0 Å². The summed E-state index contributed by atoms with van der Waals surface area (Å²) in [6.07, 6.45) is 6.39. The second-order valence-electron chi connectivity index (χ2n) is 6.14. The molecule has 6 heteroatoms. The molecule has 3 aromatic rings. The molecule has 0 unspecified atom stereocenters. The Hall–Kier alpha value is -2.47. The van der Waals surface area contributed by atoms with E-state index in [1.54, 1.807) is 18.5 Å². The molecule has 0 aliphatic carbocycles. The van der Waals surface area contributed by atoms with Crippen LogP contribution in [0.15, 0.2) is 42.9 Å². The van der Waals surface area contributed by atoms with Gasteiger partial charge in [0, 0.05) is 50.1 Å². The number of pyridine rings is 1. The second kappa shape index (κ2) is 6.20. The Morgan fingerprint density at radius 3 is 3.04 bits per heavy atom. The normalized spacial score (nSPS) is 20.6. The minimum absolute atomic E-state index is 0.0239. The minimum atomic E-state index is -0.256. The van der Waals surface area contributed by atoms with Gasteiger partial charge < -0.3 is 14.6 Å². The van der Waals surface area contributed by atoms with Gasteiger partial charge in [-0.15, -0.1) is 0 Å². The number of hydrogen-bond donors (Lipinski definition) is 1. The summed E-state index contributed by atoms with van der Waals surface area (Å²) >= 11 is 0. The molecular weight excluding hydrogens is 307 g/mol. The lowest BCUT2D eigenvalue weighted by Gasteiger charge is -2.19. The fraction of sp³-hybridized carbons (Fsp3) is 0.333. The van der Waals surface area contributed by atoms with Gasteiger partial charge in [0.25, 0.3) is 0 Å². The number of imidazole rings is 1. The number of ether oxygens (including phenoxy) is 1. The second-order valence-corrected chi connectivity index (χ2v) is 6.14. The Labute approximate surface area is 139 Å². The van der Waals surface area contributed by atoms with Crippen LogP contribution in [0.5, 0.6) is 0 Å². The average Bonchev–Trinajstić information content (AvgIpc) is 3.21. The van der Waals surface area contributed by atoms with E-state index in [0.29, 0.717) is 18.3 Å². The molecule has 2 aromatic heterocycles. The van der Waals surface area contributed by atoms with Crippen LogP contribution in [0.4, 0.5) is 10.2 Å². The van der Waals surface area contributed by atoms with E-state index < -0.39 is 0 Å². The molecule has 1 aliphatic heterocycles. The summed E-state index contributed by atoms with van der Waals surface area (Å²) in [5, 5.41) is 5.14. The quantitative estimate of drug-likeness (QED) is 0.799. The van der Waals surface area contributed by atoms with E-state index in [0.717, 1.165) is 29.6 Å². The van der Waals surface area contributed by atoms with Crippen LogP contribution in [-0.4, -0.2) is 27.7 Å². The summed E-state index contributed by atoms with van der Waals surface area (Å²) in [5.74, 6) is 1.69. The Morgan fingerprint density at radius 2 is 2.21 bits per heavy atom. The number of nitrogens with one attached hydrogen (secondary N) is 1. The van der Waals surface area contributed by atoms with E-state index in [2.05, 4.69) is 15.3 Å². The van der Waals surface area contributed by atoms with Crippen molar-refractivity contribution in [2.75, 3.05) is 18.5 Å². The zero-order valence-electron chi connectivity index (χ0n) is 13.4. The van der Waals surface area contributed by atoms with Gasteiger partial charge >= 0.3 is 0 Å². The third kappa shape index (κ3) is 2.73. The Morgan fingerprint density at radius 1 is 1.29 bits per heavy atom. The van der Waals surface area contributed by atoms with Crippen LogP contribution in [0.1, 0.15) is 18.3 Å². The molecule has 1 aromatic carbocycles. The monoisotopic (exact) mass is 326 g/mol. The van der Waals surface area contributed by atoms with E-state index in [-0.39, 0.29) is 11.9 Å². The number of anilines is 1. The van der Waals surface area contributed by atoms with Gasteiger partial charge in [-0.05, 0) is 30.0 Å². The lowest BCUT2D eigenvalue weighted by Crippen LogP contribution is -2.20. The third-order valence-electron chi connectivity index (χ3n) is 4.59. The van der Waals surface area contributed by atoms with Gasteiger partial charge in [0.2, 0.25) is 0 Å². The molecule has 1 N–H and O–H groups in total. The lowest BCUT2D eigenvalue weighted by molar-refractivity contribution is 0.0839. The highest BCUT2D eigenvalue weighted by Crippen LogP contribution is 2.34. The number of halogens is 1. The van der Waals surface area contributed by atoms with Crippen LogP contribution in [-0.2, 0) is 11.8 Å². The maximum absolute atomic E-state index is 13.6. The van der Waals surface area contributed by atoms with Gasteiger partial charge in [0.1, 0.15) is 23.6 Å². The Kier molecular flexibility index (Phi) is 3.90. The maximum Gasteiger partial charge on any atom is 0.138 e. The van der Waals surface area contributed by atoms with Crippen LogP contribution in [0.2, 0.25) is 0 Å². The van der Waals surface area contributed by atoms with Crippen molar-refractivity contribution < 1.29 is 9.13 Å². The summed E-state index contributed by atoms with van der Waals surface area (Å²) in [4.78, 5) is 8.78. The molecule has 0 radical (unpaired) electrons. The maximum atomic E-state index is 13.6. The van der Waals surface area contributed by atoms with Crippen molar-refractivity contribution in [2.45, 2.75) is 12.5 Å². The van der Waals surface area contributed by atoms with Crippen LogP contribution >= 0.6 is 0 Å². The highest BCUT2D eigenvalue weighted by atomic mass is 19.1. The van der Waals surface area contributed by atoms with Crippen molar-refractivity contribution in [3.05, 3.63) is 54.5 Å². The molecule has 5 nitrogen and oxygen atoms in total. The van der Waals surface area contributed by atoms with E-state index in [4.69, 9.17) is 4.74 Å². The van der Waals surface area contributed by atoms with Crippen LogP contribution < -0.4 is 5.32 Å². The van der Waals surface area contributed by atoms with Crippen molar-refractivity contribution in [3.63, 3.8) is 0 Å². The van der Waals surface area contributed by atoms with Crippen LogP contribution in [0.25, 0.3) is 10.8 Å². The summed E-state index contributed by atoms with van der Waals surface area (Å²) < 4.78 is 21.4. The fourth-order valence-corrected chi connectivity index (χ4v) is 3.29. The minimum Gasteiger partial charge on any atom is -0.370 e. The lowest BCUT2D eigenvalue weighted by atomic mass is 10.0. The molecular formula is C18H19FN4O. The van der Waals surface area contributed by atoms with E-state index in [9.17, 15) is 4.39 Å². The largest absolute Gasteiger partial charge is 0.370 e. The van der Waals surface area contributed by atoms with Crippen molar-refractivity contribution >= 4 is 16.6 Å². The molecule has 24 heavy (non-hydrogen) atoms. The van der Waals surface area contributed by atoms with Crippen molar-refractivity contribution in [1.82, 2.24) is 14.5 Å². The number of nitrogens with zero attached hydrogens (tertiary/aromatic N) is 3. The number of benzene rings is 1. The predicted molar refractivity (Wildman–Crippen MR) is 90.2 cm³/mol. The van der Waals surface area contributed by atoms with Gasteiger partial charge in [-0.25, -0.2) is 14.4 Å². The average molecular weight is 326 g/mol. The Bertz CT molecular complexity index is 863. The molecule has 2 atom stereocenters. The molecule has 1 fully saturated rings. The first-order chi connectivity index (χ1) is 11.7. The van der Waals surface area contributed by atoms with E-state index >= 15 is 0 Å². The number of hydrogen-bond acceptors (Lipinski definition) is 4. The predicted octanol–water partition coefficient (Wildman–Crippen LogP) is 3.30. The molecule has 0 spiro atoms. The zero-order valence-corrected chi connectivity index (χ0v) is 13.4. The summed E-state index contributed by atoms with van der Waals surface area (Å²) in [7, 11) is 1.98. The first-order valence-electron chi connectivity index (χ1n) is 8.09. The number of fused-ring (bicyclic) bond motifs is 1. The van der Waals surface area contributed by atoms with Crippen LogP contribution in [0.3, 0.4) is 0 Å². The fourth-order valence-electron chi connectivity index (χ4n) is 3.29. The molecule has 124 valence electrons. The first-order valence-corrected chi connectivity index (χ1v) is 8.09. The standard InChI is InChI=1S/C18H19FN4O/c1-23-8-7-21-18(23)16-13(5-9-24-16)11-22-17-15-10-14(19)3-2-12(15)4-6-20-17/h2-4,6-8,10,13,16H,5,9,11H2,1H3,(H,20,22)/t13-,16+/m0/s1. The van der Waals surface area contributed by atoms with Gasteiger partial charge in [-0.3, -0.25) is 0 Å². The first kappa shape index (κ1) is 15.1. The van der Waals surface area contributed by atoms with Crippen LogP contribution in [0, 0.1) is 11.7 Å². The molecule has 1 saturated heterocycles. The number of aromatic nitrogens is 3. The molecule has 0 bridgehead atoms. The molecule has 0 saturated carbocycles. The highest BCUT2D eigenvalue weighted by molar-refractivity contribution is 5.91. The van der Waals surface area contributed by atoms with E-state index in [1.807, 2.05) is 23.9 Å². The zero-order chi connectivity index (χ0) is 16.5. The van der Waals surface area contributed by atoms with Gasteiger partial charge in [0.15, 0.2) is 0 Å². The van der Waals surface area contributed by atoms with Gasteiger partial charge in [0.05, 0.1) is 0 Å². The Balaban J connectivity index is 1.54.